The highest BCUT2D eigenvalue weighted by molar-refractivity contribution is 5.77. The molecule has 1 aromatic heterocycles. The molecule has 4 nitrogen and oxygen atoms in total. The average Bonchev–Trinajstić information content (AvgIpc) is 2.36. The third-order valence-electron chi connectivity index (χ3n) is 3.25. The summed E-state index contributed by atoms with van der Waals surface area (Å²) in [5.74, 6) is -0.212. The maximum absolute atomic E-state index is 12.1. The number of hydrogen-bond donors (Lipinski definition) is 1. The standard InChI is InChI=1S/C14H22N2O2/c1-4-14(10-15,13(17)18-5-2)7-12-6-11(3)8-16-9-12/h6,8-9H,4-5,7,10,15H2,1-3H3. The van der Waals surface area contributed by atoms with Crippen molar-refractivity contribution in [1.82, 2.24) is 4.98 Å². The van der Waals surface area contributed by atoms with Crippen molar-refractivity contribution in [3.63, 3.8) is 0 Å². The lowest BCUT2D eigenvalue weighted by molar-refractivity contribution is -0.155. The molecule has 1 unspecified atom stereocenters. The largest absolute Gasteiger partial charge is 0.466 e. The highest BCUT2D eigenvalue weighted by Gasteiger charge is 2.37. The summed E-state index contributed by atoms with van der Waals surface area (Å²) in [4.78, 5) is 16.2. The first kappa shape index (κ1) is 14.6. The van der Waals surface area contributed by atoms with Gasteiger partial charge >= 0.3 is 5.97 Å². The summed E-state index contributed by atoms with van der Waals surface area (Å²) in [5, 5.41) is 0. The van der Waals surface area contributed by atoms with Crippen molar-refractivity contribution in [2.45, 2.75) is 33.6 Å². The summed E-state index contributed by atoms with van der Waals surface area (Å²) in [6.07, 6.45) is 4.82. The maximum Gasteiger partial charge on any atom is 0.313 e. The van der Waals surface area contributed by atoms with Crippen molar-refractivity contribution >= 4 is 5.97 Å². The molecule has 0 fully saturated rings. The van der Waals surface area contributed by atoms with Crippen LogP contribution in [0.25, 0.3) is 0 Å². The van der Waals surface area contributed by atoms with Gasteiger partial charge in [0.05, 0.1) is 12.0 Å². The van der Waals surface area contributed by atoms with Gasteiger partial charge in [-0.3, -0.25) is 9.78 Å². The zero-order chi connectivity index (χ0) is 13.6. The van der Waals surface area contributed by atoms with Gasteiger partial charge in [0, 0.05) is 18.9 Å². The van der Waals surface area contributed by atoms with Gasteiger partial charge in [0.25, 0.3) is 0 Å². The highest BCUT2D eigenvalue weighted by atomic mass is 16.5. The van der Waals surface area contributed by atoms with Gasteiger partial charge in [-0.05, 0) is 37.8 Å². The number of esters is 1. The van der Waals surface area contributed by atoms with Crippen LogP contribution in [0.2, 0.25) is 0 Å². The Kier molecular flexibility index (Phi) is 5.28. The number of ether oxygens (including phenoxy) is 1. The Labute approximate surface area is 109 Å². The summed E-state index contributed by atoms with van der Waals surface area (Å²) in [6, 6.07) is 2.03. The van der Waals surface area contributed by atoms with Gasteiger partial charge in [-0.15, -0.1) is 0 Å². The fourth-order valence-corrected chi connectivity index (χ4v) is 2.03. The second-order valence-electron chi connectivity index (χ2n) is 4.61. The Morgan fingerprint density at radius 3 is 2.67 bits per heavy atom. The molecule has 0 spiro atoms. The molecule has 0 bridgehead atoms. The zero-order valence-electron chi connectivity index (χ0n) is 11.4. The fraction of sp³-hybridized carbons (Fsp3) is 0.571. The van der Waals surface area contributed by atoms with Gasteiger partial charge in [-0.1, -0.05) is 13.0 Å². The third-order valence-corrected chi connectivity index (χ3v) is 3.25. The topological polar surface area (TPSA) is 65.2 Å². The number of hydrogen-bond acceptors (Lipinski definition) is 4. The predicted octanol–water partition coefficient (Wildman–Crippen LogP) is 1.85. The number of aromatic nitrogens is 1. The minimum absolute atomic E-state index is 0.212. The van der Waals surface area contributed by atoms with E-state index < -0.39 is 5.41 Å². The molecule has 0 aromatic carbocycles. The van der Waals surface area contributed by atoms with E-state index in [0.717, 1.165) is 11.1 Å². The number of nitrogens with two attached hydrogens (primary N) is 1. The summed E-state index contributed by atoms with van der Waals surface area (Å²) in [6.45, 7) is 6.43. The van der Waals surface area contributed by atoms with Gasteiger partial charge in [-0.2, -0.15) is 0 Å². The minimum Gasteiger partial charge on any atom is -0.466 e. The molecule has 1 rings (SSSR count). The second kappa shape index (κ2) is 6.50. The Bertz CT molecular complexity index is 401. The van der Waals surface area contributed by atoms with E-state index in [1.165, 1.54) is 0 Å². The molecule has 1 aromatic rings. The van der Waals surface area contributed by atoms with Crippen LogP contribution in [-0.4, -0.2) is 24.1 Å². The molecule has 4 heteroatoms. The van der Waals surface area contributed by atoms with Crippen molar-refractivity contribution in [3.05, 3.63) is 29.6 Å². The van der Waals surface area contributed by atoms with Crippen LogP contribution in [0.4, 0.5) is 0 Å². The van der Waals surface area contributed by atoms with Gasteiger partial charge in [0.1, 0.15) is 0 Å². The van der Waals surface area contributed by atoms with Crippen LogP contribution in [0.5, 0.6) is 0 Å². The molecule has 0 aliphatic rings. The Hall–Kier alpha value is -1.42. The number of carbonyl (C=O) groups excluding carboxylic acids is 1. The lowest BCUT2D eigenvalue weighted by Gasteiger charge is -2.28. The van der Waals surface area contributed by atoms with E-state index >= 15 is 0 Å². The molecule has 1 heterocycles. The number of aryl methyl sites for hydroxylation is 1. The van der Waals surface area contributed by atoms with Crippen LogP contribution in [0.15, 0.2) is 18.5 Å². The molecule has 18 heavy (non-hydrogen) atoms. The molecule has 0 amide bonds. The lowest BCUT2D eigenvalue weighted by Crippen LogP contribution is -2.41. The Morgan fingerprint density at radius 1 is 1.44 bits per heavy atom. The maximum atomic E-state index is 12.1. The molecule has 0 saturated heterocycles. The normalized spacial score (nSPS) is 14.0. The lowest BCUT2D eigenvalue weighted by atomic mass is 9.79. The summed E-state index contributed by atoms with van der Waals surface area (Å²) in [7, 11) is 0. The van der Waals surface area contributed by atoms with Crippen molar-refractivity contribution < 1.29 is 9.53 Å². The summed E-state index contributed by atoms with van der Waals surface area (Å²) in [5.41, 5.74) is 7.29. The second-order valence-corrected chi connectivity index (χ2v) is 4.61. The smallest absolute Gasteiger partial charge is 0.313 e. The number of rotatable bonds is 6. The minimum atomic E-state index is -0.633. The van der Waals surface area contributed by atoms with Crippen LogP contribution in [0.3, 0.4) is 0 Å². The summed E-state index contributed by atoms with van der Waals surface area (Å²) >= 11 is 0. The zero-order valence-corrected chi connectivity index (χ0v) is 11.4. The van der Waals surface area contributed by atoms with E-state index in [2.05, 4.69) is 4.98 Å². The van der Waals surface area contributed by atoms with Crippen molar-refractivity contribution in [2.75, 3.05) is 13.2 Å². The quantitative estimate of drug-likeness (QED) is 0.782. The van der Waals surface area contributed by atoms with Crippen LogP contribution >= 0.6 is 0 Å². The highest BCUT2D eigenvalue weighted by Crippen LogP contribution is 2.28. The first-order valence-electron chi connectivity index (χ1n) is 6.35. The van der Waals surface area contributed by atoms with E-state index in [4.69, 9.17) is 10.5 Å². The van der Waals surface area contributed by atoms with Crippen molar-refractivity contribution in [3.8, 4) is 0 Å². The first-order chi connectivity index (χ1) is 8.57. The van der Waals surface area contributed by atoms with Crippen molar-refractivity contribution in [1.29, 1.82) is 0 Å². The molecular weight excluding hydrogens is 228 g/mol. The molecule has 100 valence electrons. The van der Waals surface area contributed by atoms with Crippen molar-refractivity contribution in [2.24, 2.45) is 11.1 Å². The van der Waals surface area contributed by atoms with Crippen LogP contribution < -0.4 is 5.73 Å². The Balaban J connectivity index is 2.95. The molecule has 1 atom stereocenters. The van der Waals surface area contributed by atoms with Gasteiger partial charge in [0.2, 0.25) is 0 Å². The van der Waals surface area contributed by atoms with E-state index in [9.17, 15) is 4.79 Å². The molecule has 0 radical (unpaired) electrons. The van der Waals surface area contributed by atoms with Gasteiger partial charge in [0.15, 0.2) is 0 Å². The molecule has 0 aliphatic heterocycles. The average molecular weight is 250 g/mol. The van der Waals surface area contributed by atoms with Crippen LogP contribution in [0, 0.1) is 12.3 Å². The predicted molar refractivity (Wildman–Crippen MR) is 71.1 cm³/mol. The van der Waals surface area contributed by atoms with E-state index in [1.54, 1.807) is 12.4 Å². The van der Waals surface area contributed by atoms with Crippen LogP contribution in [0.1, 0.15) is 31.4 Å². The third kappa shape index (κ3) is 3.29. The number of carbonyl (C=O) groups is 1. The van der Waals surface area contributed by atoms with E-state index in [-0.39, 0.29) is 12.5 Å². The molecule has 2 N–H and O–H groups in total. The van der Waals surface area contributed by atoms with E-state index in [0.29, 0.717) is 19.4 Å². The molecule has 0 aliphatic carbocycles. The summed E-state index contributed by atoms with van der Waals surface area (Å²) < 4.78 is 5.15. The Morgan fingerprint density at radius 2 is 2.17 bits per heavy atom. The fourth-order valence-electron chi connectivity index (χ4n) is 2.03. The van der Waals surface area contributed by atoms with Gasteiger partial charge in [-0.25, -0.2) is 0 Å². The SMILES string of the molecule is CCOC(=O)C(CC)(CN)Cc1cncc(C)c1. The van der Waals surface area contributed by atoms with Gasteiger partial charge < -0.3 is 10.5 Å². The number of pyridine rings is 1. The molecule has 0 saturated carbocycles. The molecular formula is C14H22N2O2. The monoisotopic (exact) mass is 250 g/mol. The van der Waals surface area contributed by atoms with E-state index in [1.807, 2.05) is 26.8 Å². The first-order valence-corrected chi connectivity index (χ1v) is 6.35. The number of nitrogens with zero attached hydrogens (tertiary/aromatic N) is 1. The van der Waals surface area contributed by atoms with Crippen LogP contribution in [-0.2, 0) is 16.0 Å².